The Morgan fingerprint density at radius 3 is 2.52 bits per heavy atom. The van der Waals surface area contributed by atoms with Gasteiger partial charge < -0.3 is 20.1 Å². The number of aliphatic imine (C=N–C) groups is 1. The molecule has 182 valence electrons. The van der Waals surface area contributed by atoms with Gasteiger partial charge in [0, 0.05) is 37.8 Å². The van der Waals surface area contributed by atoms with Crippen molar-refractivity contribution in [2.24, 2.45) is 12.0 Å². The van der Waals surface area contributed by atoms with Gasteiger partial charge in [0.2, 0.25) is 0 Å². The summed E-state index contributed by atoms with van der Waals surface area (Å²) < 4.78 is 13.5. The molecular formula is C25H38IN5O2. The summed E-state index contributed by atoms with van der Waals surface area (Å²) in [6.45, 7) is 8.50. The molecule has 1 aliphatic carbocycles. The number of guanidine groups is 1. The fourth-order valence-electron chi connectivity index (χ4n) is 5.14. The fraction of sp³-hybridized carbons (Fsp3) is 0.600. The van der Waals surface area contributed by atoms with Crippen molar-refractivity contribution in [1.29, 1.82) is 0 Å². The number of fused-ring (bicyclic) bond motifs is 1. The molecule has 0 bridgehead atoms. The second-order valence-electron chi connectivity index (χ2n) is 9.29. The lowest BCUT2D eigenvalue weighted by Gasteiger charge is -2.32. The maximum atomic E-state index is 5.86. The van der Waals surface area contributed by atoms with Crippen molar-refractivity contribution in [2.75, 3.05) is 26.8 Å². The minimum atomic E-state index is 0. The summed E-state index contributed by atoms with van der Waals surface area (Å²) in [4.78, 5) is 4.50. The molecule has 2 N–H and O–H groups in total. The molecule has 0 amide bonds. The van der Waals surface area contributed by atoms with E-state index >= 15 is 0 Å². The van der Waals surface area contributed by atoms with Crippen LogP contribution in [0.4, 0.5) is 0 Å². The van der Waals surface area contributed by atoms with E-state index in [0.29, 0.717) is 13.2 Å². The second-order valence-corrected chi connectivity index (χ2v) is 9.29. The van der Waals surface area contributed by atoms with Gasteiger partial charge in [-0.25, -0.2) is 0 Å². The average molecular weight is 568 g/mol. The van der Waals surface area contributed by atoms with Crippen molar-refractivity contribution in [2.45, 2.75) is 64.3 Å². The number of hydrogen-bond donors (Lipinski definition) is 2. The predicted molar refractivity (Wildman–Crippen MR) is 143 cm³/mol. The molecule has 8 heteroatoms. The Labute approximate surface area is 214 Å². The molecule has 0 radical (unpaired) electrons. The van der Waals surface area contributed by atoms with Gasteiger partial charge in [0.05, 0.1) is 5.69 Å². The molecule has 2 heterocycles. The third-order valence-electron chi connectivity index (χ3n) is 7.09. The van der Waals surface area contributed by atoms with E-state index in [4.69, 9.17) is 9.47 Å². The molecule has 1 atom stereocenters. The fourth-order valence-corrected chi connectivity index (χ4v) is 5.14. The standard InChI is InChI=1S/C25H37N5O2.HI/c1-17(14-21-18(2)29-30(5)19(21)3)28-24(26-4)27-16-25(10-6-7-11-25)20-8-9-22-23(15-20)32-13-12-31-22;/h8-9,15,17H,6-7,10-14,16H2,1-5H3,(H2,26,27,28);1H. The normalized spacial score (nSPS) is 17.9. The van der Waals surface area contributed by atoms with Crippen LogP contribution >= 0.6 is 24.0 Å². The van der Waals surface area contributed by atoms with Gasteiger partial charge in [0.15, 0.2) is 17.5 Å². The van der Waals surface area contributed by atoms with E-state index in [9.17, 15) is 0 Å². The van der Waals surface area contributed by atoms with Crippen molar-refractivity contribution in [3.05, 3.63) is 40.7 Å². The maximum absolute atomic E-state index is 5.86. The van der Waals surface area contributed by atoms with Crippen molar-refractivity contribution in [3.63, 3.8) is 0 Å². The number of halogens is 1. The monoisotopic (exact) mass is 567 g/mol. The predicted octanol–water partition coefficient (Wildman–Crippen LogP) is 4.03. The molecule has 1 aromatic heterocycles. The largest absolute Gasteiger partial charge is 0.486 e. The average Bonchev–Trinajstić information content (AvgIpc) is 3.37. The number of aromatic nitrogens is 2. The van der Waals surface area contributed by atoms with Gasteiger partial charge in [-0.1, -0.05) is 18.9 Å². The Morgan fingerprint density at radius 2 is 1.88 bits per heavy atom. The summed E-state index contributed by atoms with van der Waals surface area (Å²) in [6.07, 6.45) is 5.75. The molecule has 4 rings (SSSR count). The number of hydrogen-bond acceptors (Lipinski definition) is 4. The Morgan fingerprint density at radius 1 is 1.18 bits per heavy atom. The molecule has 2 aromatic rings. The van der Waals surface area contributed by atoms with E-state index < -0.39 is 0 Å². The van der Waals surface area contributed by atoms with Gasteiger partial charge in [-0.3, -0.25) is 9.67 Å². The van der Waals surface area contributed by atoms with Crippen molar-refractivity contribution in [1.82, 2.24) is 20.4 Å². The second kappa shape index (κ2) is 11.0. The quantitative estimate of drug-likeness (QED) is 0.314. The lowest BCUT2D eigenvalue weighted by molar-refractivity contribution is 0.171. The molecule has 2 aliphatic rings. The minimum absolute atomic E-state index is 0. The molecule has 1 unspecified atom stereocenters. The summed E-state index contributed by atoms with van der Waals surface area (Å²) in [6, 6.07) is 6.72. The number of aryl methyl sites for hydroxylation is 2. The summed E-state index contributed by atoms with van der Waals surface area (Å²) in [7, 11) is 3.84. The maximum Gasteiger partial charge on any atom is 0.191 e. The highest BCUT2D eigenvalue weighted by Gasteiger charge is 2.36. The van der Waals surface area contributed by atoms with Crippen LogP contribution in [-0.2, 0) is 18.9 Å². The molecule has 0 spiro atoms. The smallest absolute Gasteiger partial charge is 0.191 e. The zero-order valence-corrected chi connectivity index (χ0v) is 22.9. The van der Waals surface area contributed by atoms with Crippen molar-refractivity contribution >= 4 is 29.9 Å². The highest BCUT2D eigenvalue weighted by atomic mass is 127. The van der Waals surface area contributed by atoms with E-state index in [2.05, 4.69) is 59.7 Å². The topological polar surface area (TPSA) is 72.7 Å². The summed E-state index contributed by atoms with van der Waals surface area (Å²) in [5, 5.41) is 11.8. The zero-order chi connectivity index (χ0) is 22.7. The molecule has 7 nitrogen and oxygen atoms in total. The van der Waals surface area contributed by atoms with Gasteiger partial charge in [-0.05, 0) is 63.3 Å². The van der Waals surface area contributed by atoms with Gasteiger partial charge in [0.25, 0.3) is 0 Å². The number of nitrogens with one attached hydrogen (secondary N) is 2. The molecule has 33 heavy (non-hydrogen) atoms. The van der Waals surface area contributed by atoms with E-state index in [0.717, 1.165) is 36.1 Å². The Bertz CT molecular complexity index is 981. The van der Waals surface area contributed by atoms with E-state index in [1.807, 2.05) is 18.8 Å². The number of ether oxygens (including phenoxy) is 2. The van der Waals surface area contributed by atoms with Crippen molar-refractivity contribution < 1.29 is 9.47 Å². The van der Waals surface area contributed by atoms with Gasteiger partial charge in [0.1, 0.15) is 13.2 Å². The Kier molecular flexibility index (Phi) is 8.53. The minimum Gasteiger partial charge on any atom is -0.486 e. The summed E-state index contributed by atoms with van der Waals surface area (Å²) >= 11 is 0. The highest BCUT2D eigenvalue weighted by Crippen LogP contribution is 2.43. The molecule has 0 saturated heterocycles. The highest BCUT2D eigenvalue weighted by molar-refractivity contribution is 14.0. The molecule has 1 fully saturated rings. The first-order valence-corrected chi connectivity index (χ1v) is 11.8. The van der Waals surface area contributed by atoms with Crippen LogP contribution in [0.2, 0.25) is 0 Å². The number of nitrogens with zero attached hydrogens (tertiary/aromatic N) is 3. The van der Waals surface area contributed by atoms with Crippen LogP contribution in [0.1, 0.15) is 55.1 Å². The van der Waals surface area contributed by atoms with Crippen molar-refractivity contribution in [3.8, 4) is 11.5 Å². The molecule has 1 aliphatic heterocycles. The van der Waals surface area contributed by atoms with E-state index in [1.165, 1.54) is 42.5 Å². The van der Waals surface area contributed by atoms with Crippen LogP contribution in [0.3, 0.4) is 0 Å². The van der Waals surface area contributed by atoms with Gasteiger partial charge in [-0.15, -0.1) is 24.0 Å². The summed E-state index contributed by atoms with van der Waals surface area (Å²) in [5.74, 6) is 2.58. The van der Waals surface area contributed by atoms with Crippen LogP contribution in [0.25, 0.3) is 0 Å². The first-order valence-electron chi connectivity index (χ1n) is 11.8. The third-order valence-corrected chi connectivity index (χ3v) is 7.09. The third kappa shape index (κ3) is 5.58. The van der Waals surface area contributed by atoms with Crippen LogP contribution in [0, 0.1) is 13.8 Å². The molecule has 1 saturated carbocycles. The number of benzene rings is 1. The van der Waals surface area contributed by atoms with E-state index in [1.54, 1.807) is 0 Å². The first kappa shape index (κ1) is 25.6. The SMILES string of the molecule is CN=C(NCC1(c2ccc3c(c2)OCCO3)CCCC1)NC(C)Cc1c(C)nn(C)c1C.I. The number of rotatable bonds is 6. The van der Waals surface area contributed by atoms with Crippen LogP contribution in [0.5, 0.6) is 11.5 Å². The summed E-state index contributed by atoms with van der Waals surface area (Å²) in [5.41, 5.74) is 5.06. The van der Waals surface area contributed by atoms with Gasteiger partial charge >= 0.3 is 0 Å². The Hall–Kier alpha value is -1.97. The zero-order valence-electron chi connectivity index (χ0n) is 20.5. The van der Waals surface area contributed by atoms with E-state index in [-0.39, 0.29) is 35.4 Å². The lowest BCUT2D eigenvalue weighted by Crippen LogP contribution is -2.47. The van der Waals surface area contributed by atoms with Crippen LogP contribution in [-0.4, -0.2) is 48.6 Å². The lowest BCUT2D eigenvalue weighted by atomic mass is 9.78. The van der Waals surface area contributed by atoms with Gasteiger partial charge in [-0.2, -0.15) is 5.10 Å². The molecular weight excluding hydrogens is 529 g/mol. The van der Waals surface area contributed by atoms with Crippen LogP contribution in [0.15, 0.2) is 23.2 Å². The van der Waals surface area contributed by atoms with Crippen LogP contribution < -0.4 is 20.1 Å². The Balaban J connectivity index is 0.00000306. The molecule has 1 aromatic carbocycles. The first-order chi connectivity index (χ1) is 15.4.